The number of nitrogens with zero attached hydrogens (tertiary/aromatic N) is 1. The minimum Gasteiger partial charge on any atom is -0.373 e. The summed E-state index contributed by atoms with van der Waals surface area (Å²) < 4.78 is 5.89. The Bertz CT molecular complexity index is 547. The van der Waals surface area contributed by atoms with Gasteiger partial charge in [0.1, 0.15) is 0 Å². The lowest BCUT2D eigenvalue weighted by molar-refractivity contribution is -0.0461. The Kier molecular flexibility index (Phi) is 4.74. The van der Waals surface area contributed by atoms with E-state index >= 15 is 0 Å². The van der Waals surface area contributed by atoms with E-state index in [0.717, 1.165) is 13.2 Å². The second-order valence-corrected chi connectivity index (χ2v) is 7.78. The second kappa shape index (κ2) is 6.62. The summed E-state index contributed by atoms with van der Waals surface area (Å²) in [5, 5.41) is 3.02. The van der Waals surface area contributed by atoms with Gasteiger partial charge in [-0.1, -0.05) is 32.9 Å². The van der Waals surface area contributed by atoms with Crippen molar-refractivity contribution in [1.82, 2.24) is 10.2 Å². The van der Waals surface area contributed by atoms with E-state index in [0.29, 0.717) is 18.2 Å². The molecule has 1 aromatic carbocycles. The molecule has 0 radical (unpaired) electrons. The van der Waals surface area contributed by atoms with Gasteiger partial charge in [0, 0.05) is 24.7 Å². The SMILES string of the molecule is CC(C)(C)c1ccc(C(=O)NC[C@@H]2CN3CCC[C@@H]3CO2)cc1. The summed E-state index contributed by atoms with van der Waals surface area (Å²) in [6.07, 6.45) is 2.63. The topological polar surface area (TPSA) is 41.6 Å². The molecule has 2 atom stereocenters. The van der Waals surface area contributed by atoms with Gasteiger partial charge in [-0.3, -0.25) is 9.69 Å². The molecular weight excluding hydrogens is 288 g/mol. The Hall–Kier alpha value is -1.39. The molecule has 2 saturated heterocycles. The number of hydrogen-bond donors (Lipinski definition) is 1. The Morgan fingerprint density at radius 2 is 2.04 bits per heavy atom. The fraction of sp³-hybridized carbons (Fsp3) is 0.632. The summed E-state index contributed by atoms with van der Waals surface area (Å²) in [5.41, 5.74) is 2.06. The molecule has 0 aromatic heterocycles. The van der Waals surface area contributed by atoms with Gasteiger partial charge in [-0.2, -0.15) is 0 Å². The molecule has 1 N–H and O–H groups in total. The normalized spacial score (nSPS) is 25.2. The molecule has 0 saturated carbocycles. The smallest absolute Gasteiger partial charge is 0.251 e. The molecule has 0 bridgehead atoms. The van der Waals surface area contributed by atoms with Crippen LogP contribution in [-0.2, 0) is 10.2 Å². The van der Waals surface area contributed by atoms with Crippen LogP contribution in [0.5, 0.6) is 0 Å². The van der Waals surface area contributed by atoms with E-state index in [9.17, 15) is 4.79 Å². The molecule has 126 valence electrons. The molecular formula is C19H28N2O2. The number of carbonyl (C=O) groups is 1. The first-order valence-corrected chi connectivity index (χ1v) is 8.68. The summed E-state index contributed by atoms with van der Waals surface area (Å²) in [6.45, 7) is 10.0. The predicted octanol–water partition coefficient (Wildman–Crippen LogP) is 2.58. The number of hydrogen-bond acceptors (Lipinski definition) is 3. The number of fused-ring (bicyclic) bond motifs is 1. The zero-order chi connectivity index (χ0) is 16.4. The fourth-order valence-electron chi connectivity index (χ4n) is 3.44. The van der Waals surface area contributed by atoms with Crippen molar-refractivity contribution in [3.8, 4) is 0 Å². The summed E-state index contributed by atoms with van der Waals surface area (Å²) in [7, 11) is 0. The van der Waals surface area contributed by atoms with Crippen LogP contribution >= 0.6 is 0 Å². The lowest BCUT2D eigenvalue weighted by Gasteiger charge is -2.35. The number of nitrogens with one attached hydrogen (secondary N) is 1. The Balaban J connectivity index is 1.51. The van der Waals surface area contributed by atoms with Crippen molar-refractivity contribution < 1.29 is 9.53 Å². The molecule has 23 heavy (non-hydrogen) atoms. The van der Waals surface area contributed by atoms with E-state index in [2.05, 4.69) is 31.0 Å². The highest BCUT2D eigenvalue weighted by atomic mass is 16.5. The number of amides is 1. The van der Waals surface area contributed by atoms with Crippen LogP contribution in [0.1, 0.15) is 49.5 Å². The quantitative estimate of drug-likeness (QED) is 0.932. The van der Waals surface area contributed by atoms with Crippen molar-refractivity contribution in [3.05, 3.63) is 35.4 Å². The first-order chi connectivity index (χ1) is 10.9. The Morgan fingerprint density at radius 1 is 1.30 bits per heavy atom. The zero-order valence-electron chi connectivity index (χ0n) is 14.5. The third-order valence-corrected chi connectivity index (χ3v) is 4.96. The predicted molar refractivity (Wildman–Crippen MR) is 91.8 cm³/mol. The third kappa shape index (κ3) is 3.93. The number of benzene rings is 1. The van der Waals surface area contributed by atoms with Gasteiger partial charge in [-0.15, -0.1) is 0 Å². The summed E-state index contributed by atoms with van der Waals surface area (Å²) >= 11 is 0. The average molecular weight is 316 g/mol. The van der Waals surface area contributed by atoms with Gasteiger partial charge in [-0.05, 0) is 42.5 Å². The van der Waals surface area contributed by atoms with E-state index in [1.807, 2.05) is 24.3 Å². The van der Waals surface area contributed by atoms with Crippen LogP contribution in [0.3, 0.4) is 0 Å². The minimum absolute atomic E-state index is 0.0161. The van der Waals surface area contributed by atoms with Gasteiger partial charge in [0.25, 0.3) is 5.91 Å². The van der Waals surface area contributed by atoms with Crippen LogP contribution in [0, 0.1) is 0 Å². The van der Waals surface area contributed by atoms with Crippen molar-refractivity contribution in [1.29, 1.82) is 0 Å². The summed E-state index contributed by atoms with van der Waals surface area (Å²) in [5.74, 6) is -0.0161. The van der Waals surface area contributed by atoms with E-state index in [4.69, 9.17) is 4.74 Å². The summed E-state index contributed by atoms with van der Waals surface area (Å²) in [6, 6.07) is 8.51. The zero-order valence-corrected chi connectivity index (χ0v) is 14.5. The van der Waals surface area contributed by atoms with Gasteiger partial charge < -0.3 is 10.1 Å². The molecule has 0 unspecified atom stereocenters. The van der Waals surface area contributed by atoms with Crippen molar-refractivity contribution in [2.24, 2.45) is 0 Å². The van der Waals surface area contributed by atoms with Gasteiger partial charge in [0.15, 0.2) is 0 Å². The van der Waals surface area contributed by atoms with Gasteiger partial charge in [0.2, 0.25) is 0 Å². The van der Waals surface area contributed by atoms with E-state index < -0.39 is 0 Å². The third-order valence-electron chi connectivity index (χ3n) is 4.96. The molecule has 3 rings (SSSR count). The van der Waals surface area contributed by atoms with Crippen LogP contribution in [0.15, 0.2) is 24.3 Å². The molecule has 4 heteroatoms. The second-order valence-electron chi connectivity index (χ2n) is 7.78. The van der Waals surface area contributed by atoms with Gasteiger partial charge in [0.05, 0.1) is 12.7 Å². The van der Waals surface area contributed by atoms with Crippen LogP contribution in [0.2, 0.25) is 0 Å². The first kappa shape index (κ1) is 16.5. The van der Waals surface area contributed by atoms with Crippen LogP contribution < -0.4 is 5.32 Å². The van der Waals surface area contributed by atoms with E-state index in [1.165, 1.54) is 24.9 Å². The van der Waals surface area contributed by atoms with Crippen LogP contribution in [0.4, 0.5) is 0 Å². The average Bonchev–Trinajstić information content (AvgIpc) is 2.99. The summed E-state index contributed by atoms with van der Waals surface area (Å²) in [4.78, 5) is 14.8. The molecule has 2 heterocycles. The van der Waals surface area contributed by atoms with Crippen molar-refractivity contribution in [2.45, 2.75) is 51.2 Å². The van der Waals surface area contributed by atoms with Gasteiger partial charge >= 0.3 is 0 Å². The lowest BCUT2D eigenvalue weighted by atomic mass is 9.87. The minimum atomic E-state index is -0.0161. The fourth-order valence-corrected chi connectivity index (χ4v) is 3.44. The van der Waals surface area contributed by atoms with Crippen molar-refractivity contribution in [2.75, 3.05) is 26.2 Å². The van der Waals surface area contributed by atoms with Crippen molar-refractivity contribution >= 4 is 5.91 Å². The monoisotopic (exact) mass is 316 g/mol. The Labute approximate surface area is 139 Å². The lowest BCUT2D eigenvalue weighted by Crippen LogP contribution is -2.50. The van der Waals surface area contributed by atoms with E-state index in [1.54, 1.807) is 0 Å². The maximum Gasteiger partial charge on any atom is 0.251 e. The highest BCUT2D eigenvalue weighted by Crippen LogP contribution is 2.23. The molecule has 2 fully saturated rings. The highest BCUT2D eigenvalue weighted by molar-refractivity contribution is 5.94. The molecule has 1 aromatic rings. The maximum atomic E-state index is 12.3. The maximum absolute atomic E-state index is 12.3. The standard InChI is InChI=1S/C19H28N2O2/c1-19(2,3)15-8-6-14(7-9-15)18(22)20-11-17-12-21-10-4-5-16(21)13-23-17/h6-9,16-17H,4-5,10-13H2,1-3H3,(H,20,22)/t16-,17-/m1/s1. The number of rotatable bonds is 3. The van der Waals surface area contributed by atoms with Crippen LogP contribution in [-0.4, -0.2) is 49.2 Å². The van der Waals surface area contributed by atoms with Crippen molar-refractivity contribution in [3.63, 3.8) is 0 Å². The molecule has 2 aliphatic heterocycles. The number of ether oxygens (including phenoxy) is 1. The number of carbonyl (C=O) groups excluding carboxylic acids is 1. The molecule has 4 nitrogen and oxygen atoms in total. The highest BCUT2D eigenvalue weighted by Gasteiger charge is 2.32. The first-order valence-electron chi connectivity index (χ1n) is 8.68. The molecule has 0 aliphatic carbocycles. The van der Waals surface area contributed by atoms with Crippen LogP contribution in [0.25, 0.3) is 0 Å². The molecule has 1 amide bonds. The Morgan fingerprint density at radius 3 is 2.74 bits per heavy atom. The largest absolute Gasteiger partial charge is 0.373 e. The van der Waals surface area contributed by atoms with Gasteiger partial charge in [-0.25, -0.2) is 0 Å². The molecule has 2 aliphatic rings. The molecule has 0 spiro atoms. The van der Waals surface area contributed by atoms with E-state index in [-0.39, 0.29) is 17.4 Å². The number of morpholine rings is 1.